The van der Waals surface area contributed by atoms with Gasteiger partial charge in [-0.05, 0) is 45.4 Å². The van der Waals surface area contributed by atoms with Crippen LogP contribution >= 0.6 is 0 Å². The van der Waals surface area contributed by atoms with Gasteiger partial charge in [-0.2, -0.15) is 0 Å². The van der Waals surface area contributed by atoms with Crippen LogP contribution in [-0.2, 0) is 52.7 Å². The van der Waals surface area contributed by atoms with Gasteiger partial charge in [0.05, 0.1) is 31.8 Å². The Morgan fingerprint density at radius 1 is 0.694 bits per heavy atom. The molecule has 0 spiro atoms. The summed E-state index contributed by atoms with van der Waals surface area (Å²) in [4.78, 5) is 137. The molecule has 18 N–H and O–H groups in total. The molecule has 1 rings (SSSR count). The molecule has 8 amide bonds. The maximum absolute atomic E-state index is 13.3. The summed E-state index contributed by atoms with van der Waals surface area (Å²) >= 11 is 0. The first-order valence-corrected chi connectivity index (χ1v) is 19.2. The highest BCUT2D eigenvalue weighted by molar-refractivity contribution is 5.97. The molecule has 0 unspecified atom stereocenters. The van der Waals surface area contributed by atoms with E-state index in [0.717, 1.165) is 11.8 Å². The van der Waals surface area contributed by atoms with Crippen molar-refractivity contribution < 1.29 is 78.3 Å². The molecule has 0 bridgehead atoms. The number of rotatable bonds is 28. The van der Waals surface area contributed by atoms with E-state index in [4.69, 9.17) is 27.1 Å². The fourth-order valence-corrected chi connectivity index (χ4v) is 5.68. The molecule has 1 fully saturated rings. The number of nitrogens with one attached hydrogen (secondary N) is 9. The number of hydrogen-bond donors (Lipinski definition) is 16. The molecule has 0 aromatic rings. The van der Waals surface area contributed by atoms with Gasteiger partial charge >= 0.3 is 17.9 Å². The lowest BCUT2D eigenvalue weighted by Crippen LogP contribution is -2.59. The van der Waals surface area contributed by atoms with E-state index in [1.165, 1.54) is 0 Å². The Morgan fingerprint density at radius 3 is 1.85 bits per heavy atom. The maximum atomic E-state index is 13.3. The van der Waals surface area contributed by atoms with Gasteiger partial charge in [0.2, 0.25) is 47.3 Å². The minimum Gasteiger partial charge on any atom is -0.481 e. The average molecular weight is 889 g/mol. The van der Waals surface area contributed by atoms with Crippen LogP contribution in [0.3, 0.4) is 0 Å². The molecule has 1 aliphatic rings. The van der Waals surface area contributed by atoms with Gasteiger partial charge in [-0.25, -0.2) is 0 Å². The van der Waals surface area contributed by atoms with Crippen LogP contribution in [-0.4, -0.2) is 183 Å². The molecule has 0 aliphatic carbocycles. The minimum absolute atomic E-state index is 0.0421. The van der Waals surface area contributed by atoms with E-state index in [9.17, 15) is 68.1 Å². The lowest BCUT2D eigenvalue weighted by atomic mass is 10.1. The molecule has 348 valence electrons. The SMILES string of the molecule is C[C@@H](O)[C@H](NC(=O)[C@H](CCC(=O)O)NC(=O)CNC(=O)[C@H](CCCNC(=N)N)NC(=O)[C@@H](N)CCC(=O)O)C(=O)NCC(=O)N1CCC[C@H]1C(=O)N[C@@H](CO)C(=O)NCC(=O)O. The smallest absolute Gasteiger partial charge is 0.322 e. The number of guanidine groups is 1. The Kier molecular flexibility index (Phi) is 23.4. The van der Waals surface area contributed by atoms with E-state index in [-0.39, 0.29) is 44.7 Å². The Bertz CT molecular complexity index is 1660. The number of carbonyl (C=O) groups is 11. The van der Waals surface area contributed by atoms with Gasteiger partial charge in [-0.15, -0.1) is 0 Å². The van der Waals surface area contributed by atoms with Crippen molar-refractivity contribution in [3.8, 4) is 0 Å². The first-order chi connectivity index (χ1) is 29.1. The highest BCUT2D eigenvalue weighted by Gasteiger charge is 2.37. The van der Waals surface area contributed by atoms with Gasteiger partial charge in [0.15, 0.2) is 5.96 Å². The first-order valence-electron chi connectivity index (χ1n) is 19.2. The summed E-state index contributed by atoms with van der Waals surface area (Å²) < 4.78 is 0. The number of amides is 8. The molecular formula is C34H56N12O16. The van der Waals surface area contributed by atoms with Crippen LogP contribution < -0.4 is 54.0 Å². The summed E-state index contributed by atoms with van der Waals surface area (Å²) in [6, 6.07) is -8.75. The van der Waals surface area contributed by atoms with Crippen molar-refractivity contribution in [2.75, 3.05) is 39.3 Å². The lowest BCUT2D eigenvalue weighted by molar-refractivity contribution is -0.141. The van der Waals surface area contributed by atoms with Crippen molar-refractivity contribution in [1.29, 1.82) is 5.41 Å². The van der Waals surface area contributed by atoms with E-state index in [2.05, 4.69) is 37.2 Å². The van der Waals surface area contributed by atoms with E-state index < -0.39 is 153 Å². The second kappa shape index (κ2) is 27.2. The zero-order chi connectivity index (χ0) is 47.1. The quantitative estimate of drug-likeness (QED) is 0.0197. The fraction of sp³-hybridized carbons (Fsp3) is 0.647. The summed E-state index contributed by atoms with van der Waals surface area (Å²) in [5.41, 5.74) is 11.0. The maximum Gasteiger partial charge on any atom is 0.322 e. The minimum atomic E-state index is -1.78. The highest BCUT2D eigenvalue weighted by atomic mass is 16.4. The number of aliphatic hydroxyl groups excluding tert-OH is 2. The summed E-state index contributed by atoms with van der Waals surface area (Å²) in [5, 5.41) is 72.0. The Balaban J connectivity index is 2.97. The summed E-state index contributed by atoms with van der Waals surface area (Å²) in [6.07, 6.45) is -2.99. The van der Waals surface area contributed by atoms with Crippen LogP contribution in [0.1, 0.15) is 58.3 Å². The topological polar surface area (TPSA) is 464 Å². The monoisotopic (exact) mass is 888 g/mol. The summed E-state index contributed by atoms with van der Waals surface area (Å²) in [6.45, 7) is -2.01. The normalized spacial score (nSPS) is 16.1. The van der Waals surface area contributed by atoms with Crippen LogP contribution in [0.2, 0.25) is 0 Å². The number of hydrogen-bond acceptors (Lipinski definition) is 15. The third kappa shape index (κ3) is 20.1. The fourth-order valence-electron chi connectivity index (χ4n) is 5.68. The second-order valence-corrected chi connectivity index (χ2v) is 13.9. The zero-order valence-corrected chi connectivity index (χ0v) is 33.8. The standard InChI is InChI=1S/C34H56N12O16/c1-16(48)27(33(62)40-13-23(50)46-11-3-5-21(46)32(61)44-20(15-47)30(59)41-14-26(55)56)45-31(60)19(7-9-25(53)54)42-22(49)12-39-29(58)18(4-2-10-38-34(36)37)43-28(57)17(35)6-8-24(51)52/h16-21,27,47-48H,2-15,35H2,1H3,(H,39,58)(H,40,62)(H,41,59)(H,42,49)(H,43,57)(H,44,61)(H,45,60)(H,51,52)(H,53,54)(H,55,56)(H4,36,37,38)/t16-,17+,18+,19+,20+,21+,27+/m1/s1. The second-order valence-electron chi connectivity index (χ2n) is 13.9. The molecule has 1 aliphatic heterocycles. The highest BCUT2D eigenvalue weighted by Crippen LogP contribution is 2.18. The predicted molar refractivity (Wildman–Crippen MR) is 209 cm³/mol. The number of aliphatic hydroxyl groups is 2. The van der Waals surface area contributed by atoms with Crippen LogP contribution in [0.25, 0.3) is 0 Å². The van der Waals surface area contributed by atoms with Crippen LogP contribution in [0.15, 0.2) is 0 Å². The number of aliphatic carboxylic acids is 3. The van der Waals surface area contributed by atoms with Crippen molar-refractivity contribution in [3.05, 3.63) is 0 Å². The number of carboxylic acid groups (broad SMARTS) is 3. The van der Waals surface area contributed by atoms with Gasteiger partial charge in [-0.3, -0.25) is 58.1 Å². The van der Waals surface area contributed by atoms with Gasteiger partial charge in [0.1, 0.15) is 36.8 Å². The third-order valence-corrected chi connectivity index (χ3v) is 8.93. The first kappa shape index (κ1) is 53.3. The van der Waals surface area contributed by atoms with E-state index in [0.29, 0.717) is 6.42 Å². The zero-order valence-electron chi connectivity index (χ0n) is 33.8. The number of likely N-dealkylation sites (tertiary alicyclic amines) is 1. The van der Waals surface area contributed by atoms with Crippen LogP contribution in [0.4, 0.5) is 0 Å². The molecule has 0 aromatic heterocycles. The molecule has 1 saturated heterocycles. The summed E-state index contributed by atoms with van der Waals surface area (Å²) in [7, 11) is 0. The molecule has 28 nitrogen and oxygen atoms in total. The van der Waals surface area contributed by atoms with Crippen molar-refractivity contribution in [1.82, 2.24) is 47.4 Å². The van der Waals surface area contributed by atoms with E-state index in [1.807, 2.05) is 5.32 Å². The molecule has 0 aromatic carbocycles. The Hall–Kier alpha value is -6.68. The van der Waals surface area contributed by atoms with Crippen LogP contribution in [0, 0.1) is 5.41 Å². The van der Waals surface area contributed by atoms with Crippen LogP contribution in [0.5, 0.6) is 0 Å². The third-order valence-electron chi connectivity index (χ3n) is 8.93. The average Bonchev–Trinajstić information content (AvgIpc) is 3.70. The number of nitrogens with zero attached hydrogens (tertiary/aromatic N) is 1. The van der Waals surface area contributed by atoms with E-state index >= 15 is 0 Å². The molecule has 0 radical (unpaired) electrons. The molecular weight excluding hydrogens is 832 g/mol. The van der Waals surface area contributed by atoms with Gasteiger partial charge in [0.25, 0.3) is 0 Å². The van der Waals surface area contributed by atoms with Gasteiger partial charge in [-0.1, -0.05) is 0 Å². The number of carboxylic acids is 3. The molecule has 28 heteroatoms. The predicted octanol–water partition coefficient (Wildman–Crippen LogP) is -7.96. The molecule has 62 heavy (non-hydrogen) atoms. The number of nitrogens with two attached hydrogens (primary N) is 2. The Labute approximate surface area is 353 Å². The summed E-state index contributed by atoms with van der Waals surface area (Å²) in [5.74, 6) is -12.1. The molecule has 1 heterocycles. The molecule has 7 atom stereocenters. The van der Waals surface area contributed by atoms with Gasteiger partial charge < -0.3 is 84.4 Å². The Morgan fingerprint density at radius 2 is 1.27 bits per heavy atom. The number of carbonyl (C=O) groups excluding carboxylic acids is 8. The van der Waals surface area contributed by atoms with Crippen molar-refractivity contribution in [2.45, 2.75) is 101 Å². The van der Waals surface area contributed by atoms with E-state index in [1.54, 1.807) is 0 Å². The largest absolute Gasteiger partial charge is 0.481 e. The van der Waals surface area contributed by atoms with Crippen molar-refractivity contribution in [2.24, 2.45) is 11.5 Å². The lowest BCUT2D eigenvalue weighted by Gasteiger charge is -2.27. The van der Waals surface area contributed by atoms with Crippen molar-refractivity contribution in [3.63, 3.8) is 0 Å². The molecule has 0 saturated carbocycles. The van der Waals surface area contributed by atoms with Crippen molar-refractivity contribution >= 4 is 71.1 Å². The van der Waals surface area contributed by atoms with Gasteiger partial charge in [0, 0.05) is 25.9 Å².